The number of nitriles is 1. The first-order valence-corrected chi connectivity index (χ1v) is 9.41. The van der Waals surface area contributed by atoms with E-state index in [-0.39, 0.29) is 5.92 Å². The van der Waals surface area contributed by atoms with Gasteiger partial charge in [0.05, 0.1) is 10.5 Å². The van der Waals surface area contributed by atoms with Crippen molar-refractivity contribution in [1.29, 1.82) is 5.26 Å². The Morgan fingerprint density at radius 3 is 2.78 bits per heavy atom. The van der Waals surface area contributed by atoms with Crippen LogP contribution in [0.2, 0.25) is 0 Å². The zero-order chi connectivity index (χ0) is 19.0. The van der Waals surface area contributed by atoms with Crippen molar-refractivity contribution in [3.8, 4) is 6.07 Å². The molecule has 0 radical (unpaired) electrons. The Bertz CT molecular complexity index is 1020. The van der Waals surface area contributed by atoms with Gasteiger partial charge in [0.1, 0.15) is 11.8 Å². The van der Waals surface area contributed by atoms with Crippen LogP contribution in [-0.4, -0.2) is 23.1 Å². The number of benzene rings is 1. The molecule has 1 aliphatic heterocycles. The van der Waals surface area contributed by atoms with Gasteiger partial charge in [0.2, 0.25) is 0 Å². The van der Waals surface area contributed by atoms with Crippen molar-refractivity contribution in [1.82, 2.24) is 9.97 Å². The molecule has 0 N–H and O–H groups in total. The van der Waals surface area contributed by atoms with Gasteiger partial charge in [0.25, 0.3) is 0 Å². The third kappa shape index (κ3) is 3.47. The number of thiazole rings is 1. The minimum atomic E-state index is -4.41. The lowest BCUT2D eigenvalue weighted by molar-refractivity contribution is -0.140. The normalized spacial score (nSPS) is 17.9. The van der Waals surface area contributed by atoms with Gasteiger partial charge >= 0.3 is 6.18 Å². The largest absolute Gasteiger partial charge is 0.434 e. The SMILES string of the molecule is N#Cc1cc(N2CCCC(c3nc(C(F)(F)F)cs3)C2)c2ccccc2n1. The summed E-state index contributed by atoms with van der Waals surface area (Å²) in [5, 5.41) is 11.8. The third-order valence-electron chi connectivity index (χ3n) is 4.73. The number of halogens is 3. The fourth-order valence-corrected chi connectivity index (χ4v) is 4.43. The molecule has 4 nitrogen and oxygen atoms in total. The Morgan fingerprint density at radius 1 is 1.22 bits per heavy atom. The molecule has 0 bridgehead atoms. The van der Waals surface area contributed by atoms with Gasteiger partial charge in [-0.25, -0.2) is 9.97 Å². The van der Waals surface area contributed by atoms with E-state index in [1.807, 2.05) is 24.3 Å². The summed E-state index contributed by atoms with van der Waals surface area (Å²) in [5.74, 6) is -0.0580. The average molecular weight is 388 g/mol. The summed E-state index contributed by atoms with van der Waals surface area (Å²) < 4.78 is 38.6. The second kappa shape index (κ2) is 6.82. The molecule has 2 aromatic heterocycles. The van der Waals surface area contributed by atoms with Crippen molar-refractivity contribution in [2.75, 3.05) is 18.0 Å². The highest BCUT2D eigenvalue weighted by Crippen LogP contribution is 2.37. The number of piperidine rings is 1. The molecule has 1 aromatic carbocycles. The third-order valence-corrected chi connectivity index (χ3v) is 5.74. The maximum Gasteiger partial charge on any atom is 0.434 e. The van der Waals surface area contributed by atoms with Gasteiger partial charge in [0.15, 0.2) is 5.69 Å². The first-order chi connectivity index (χ1) is 13.0. The van der Waals surface area contributed by atoms with E-state index < -0.39 is 11.9 Å². The van der Waals surface area contributed by atoms with Gasteiger partial charge in [-0.1, -0.05) is 18.2 Å². The summed E-state index contributed by atoms with van der Waals surface area (Å²) in [6.07, 6.45) is -2.76. The summed E-state index contributed by atoms with van der Waals surface area (Å²) in [6, 6.07) is 11.4. The first kappa shape index (κ1) is 17.7. The summed E-state index contributed by atoms with van der Waals surface area (Å²) in [4.78, 5) is 10.3. The molecule has 8 heteroatoms. The molecule has 0 aliphatic carbocycles. The van der Waals surface area contributed by atoms with E-state index in [1.54, 1.807) is 6.07 Å². The van der Waals surface area contributed by atoms with E-state index in [0.717, 1.165) is 52.7 Å². The summed E-state index contributed by atoms with van der Waals surface area (Å²) in [7, 11) is 0. The molecule has 3 heterocycles. The van der Waals surface area contributed by atoms with Gasteiger partial charge < -0.3 is 4.90 Å². The topological polar surface area (TPSA) is 52.8 Å². The monoisotopic (exact) mass is 388 g/mol. The fourth-order valence-electron chi connectivity index (χ4n) is 3.48. The number of pyridine rings is 1. The Kier molecular flexibility index (Phi) is 4.48. The Hall–Kier alpha value is -2.66. The molecule has 138 valence electrons. The number of fused-ring (bicyclic) bond motifs is 1. The molecule has 1 unspecified atom stereocenters. The molecule has 1 atom stereocenters. The van der Waals surface area contributed by atoms with Crippen LogP contribution in [0.5, 0.6) is 0 Å². The van der Waals surface area contributed by atoms with Gasteiger partial charge in [-0.2, -0.15) is 18.4 Å². The van der Waals surface area contributed by atoms with Crippen LogP contribution in [0, 0.1) is 11.3 Å². The molecule has 0 saturated carbocycles. The van der Waals surface area contributed by atoms with Crippen LogP contribution in [-0.2, 0) is 6.18 Å². The lowest BCUT2D eigenvalue weighted by atomic mass is 9.97. The molecule has 1 fully saturated rings. The summed E-state index contributed by atoms with van der Waals surface area (Å²) >= 11 is 1.07. The predicted octanol–water partition coefficient (Wildman–Crippen LogP) is 4.97. The van der Waals surface area contributed by atoms with Crippen LogP contribution in [0.4, 0.5) is 18.9 Å². The van der Waals surface area contributed by atoms with E-state index in [1.165, 1.54) is 0 Å². The molecule has 0 spiro atoms. The van der Waals surface area contributed by atoms with Crippen molar-refractivity contribution in [3.63, 3.8) is 0 Å². The molecule has 0 amide bonds. The number of para-hydroxylation sites is 1. The maximum absolute atomic E-state index is 12.9. The van der Waals surface area contributed by atoms with Crippen LogP contribution < -0.4 is 4.90 Å². The fraction of sp³-hybridized carbons (Fsp3) is 0.316. The summed E-state index contributed by atoms with van der Waals surface area (Å²) in [5.41, 5.74) is 1.15. The Labute approximate surface area is 157 Å². The number of nitrogens with zero attached hydrogens (tertiary/aromatic N) is 4. The summed E-state index contributed by atoms with van der Waals surface area (Å²) in [6.45, 7) is 1.36. The highest BCUT2D eigenvalue weighted by molar-refractivity contribution is 7.09. The number of rotatable bonds is 2. The smallest absolute Gasteiger partial charge is 0.370 e. The molecule has 1 aliphatic rings. The number of hydrogen-bond donors (Lipinski definition) is 0. The Balaban J connectivity index is 1.67. The molecular weight excluding hydrogens is 373 g/mol. The predicted molar refractivity (Wildman–Crippen MR) is 97.8 cm³/mol. The molecule has 1 saturated heterocycles. The van der Waals surface area contributed by atoms with E-state index >= 15 is 0 Å². The van der Waals surface area contributed by atoms with Crippen LogP contribution in [0.25, 0.3) is 10.9 Å². The second-order valence-corrected chi connectivity index (χ2v) is 7.40. The van der Waals surface area contributed by atoms with Gasteiger partial charge in [-0.3, -0.25) is 0 Å². The second-order valence-electron chi connectivity index (χ2n) is 6.51. The molecule has 4 rings (SSSR count). The van der Waals surface area contributed by atoms with E-state index in [9.17, 15) is 18.4 Å². The van der Waals surface area contributed by atoms with Crippen LogP contribution in [0.3, 0.4) is 0 Å². The number of aromatic nitrogens is 2. The van der Waals surface area contributed by atoms with Crippen LogP contribution in [0.15, 0.2) is 35.7 Å². The Morgan fingerprint density at radius 2 is 2.04 bits per heavy atom. The zero-order valence-corrected chi connectivity index (χ0v) is 15.0. The standard InChI is InChI=1S/C19H15F3N4S/c20-19(21,22)17-11-27-18(25-17)12-4-3-7-26(10-12)16-8-13(9-23)24-15-6-2-1-5-14(15)16/h1-2,5-6,8,11-12H,3-4,7,10H2. The quantitative estimate of drug-likeness (QED) is 0.622. The van der Waals surface area contributed by atoms with Crippen molar-refractivity contribution >= 4 is 27.9 Å². The minimum Gasteiger partial charge on any atom is -0.370 e. The van der Waals surface area contributed by atoms with E-state index in [4.69, 9.17) is 0 Å². The van der Waals surface area contributed by atoms with Crippen molar-refractivity contribution in [3.05, 3.63) is 52.1 Å². The molecular formula is C19H15F3N4S. The minimum absolute atomic E-state index is 0.0580. The maximum atomic E-state index is 12.9. The average Bonchev–Trinajstić information content (AvgIpc) is 3.18. The highest BCUT2D eigenvalue weighted by atomic mass is 32.1. The highest BCUT2D eigenvalue weighted by Gasteiger charge is 2.35. The van der Waals surface area contributed by atoms with Crippen LogP contribution >= 0.6 is 11.3 Å². The number of anilines is 1. The first-order valence-electron chi connectivity index (χ1n) is 8.53. The van der Waals surface area contributed by atoms with Crippen molar-refractivity contribution in [2.45, 2.75) is 24.9 Å². The zero-order valence-electron chi connectivity index (χ0n) is 14.2. The lowest BCUT2D eigenvalue weighted by Crippen LogP contribution is -2.34. The van der Waals surface area contributed by atoms with Crippen LogP contribution in [0.1, 0.15) is 35.2 Å². The van der Waals surface area contributed by atoms with E-state index in [0.29, 0.717) is 17.2 Å². The van der Waals surface area contributed by atoms with Gasteiger partial charge in [0, 0.05) is 35.5 Å². The lowest BCUT2D eigenvalue weighted by Gasteiger charge is -2.34. The van der Waals surface area contributed by atoms with Crippen molar-refractivity contribution in [2.24, 2.45) is 0 Å². The van der Waals surface area contributed by atoms with Crippen molar-refractivity contribution < 1.29 is 13.2 Å². The molecule has 3 aromatic rings. The van der Waals surface area contributed by atoms with Gasteiger partial charge in [-0.15, -0.1) is 11.3 Å². The molecule has 27 heavy (non-hydrogen) atoms. The number of alkyl halides is 3. The van der Waals surface area contributed by atoms with E-state index in [2.05, 4.69) is 20.9 Å². The number of hydrogen-bond acceptors (Lipinski definition) is 5. The van der Waals surface area contributed by atoms with Gasteiger partial charge in [-0.05, 0) is 25.0 Å².